The molecule has 4 rings (SSSR count). The summed E-state index contributed by atoms with van der Waals surface area (Å²) in [7, 11) is 0. The quantitative estimate of drug-likeness (QED) is 0.808. The summed E-state index contributed by atoms with van der Waals surface area (Å²) in [6, 6.07) is 3.92. The van der Waals surface area contributed by atoms with Gasteiger partial charge in [-0.3, -0.25) is 4.98 Å². The molecule has 0 aliphatic carbocycles. The van der Waals surface area contributed by atoms with E-state index in [1.165, 1.54) is 0 Å². The maximum absolute atomic E-state index is 6.15. The maximum atomic E-state index is 6.15. The van der Waals surface area contributed by atoms with E-state index in [4.69, 9.17) is 14.5 Å². The highest BCUT2D eigenvalue weighted by atomic mass is 16.5. The normalized spacial score (nSPS) is 21.0. The molecule has 1 unspecified atom stereocenters. The third-order valence-electron chi connectivity index (χ3n) is 5.64. The fourth-order valence-corrected chi connectivity index (χ4v) is 3.77. The predicted molar refractivity (Wildman–Crippen MR) is 105 cm³/mol. The molecular formula is C21H28N4O2. The summed E-state index contributed by atoms with van der Waals surface area (Å²) in [6.45, 7) is 8.70. The van der Waals surface area contributed by atoms with Crippen LogP contribution in [0.15, 0.2) is 24.5 Å². The van der Waals surface area contributed by atoms with Gasteiger partial charge in [0.1, 0.15) is 5.82 Å². The Bertz CT molecular complexity index is 754. The first-order valence-electron chi connectivity index (χ1n) is 9.90. The van der Waals surface area contributed by atoms with Gasteiger partial charge in [0, 0.05) is 54.8 Å². The van der Waals surface area contributed by atoms with E-state index in [2.05, 4.69) is 28.7 Å². The minimum Gasteiger partial charge on any atom is -0.381 e. The Morgan fingerprint density at radius 3 is 2.59 bits per heavy atom. The van der Waals surface area contributed by atoms with Gasteiger partial charge in [-0.05, 0) is 45.2 Å². The lowest BCUT2D eigenvalue weighted by Crippen LogP contribution is -2.38. The fraction of sp³-hybridized carbons (Fsp3) is 0.571. The lowest BCUT2D eigenvalue weighted by molar-refractivity contribution is 0.0131. The summed E-state index contributed by atoms with van der Waals surface area (Å²) < 4.78 is 11.6. The number of hydrogen-bond donors (Lipinski definition) is 0. The number of nitrogens with zero attached hydrogens (tertiary/aromatic N) is 4. The van der Waals surface area contributed by atoms with Gasteiger partial charge in [-0.1, -0.05) is 0 Å². The van der Waals surface area contributed by atoms with Gasteiger partial charge in [-0.25, -0.2) is 9.97 Å². The number of ether oxygens (including phenoxy) is 2. The van der Waals surface area contributed by atoms with Crippen LogP contribution in [0, 0.1) is 19.8 Å². The Morgan fingerprint density at radius 2 is 1.89 bits per heavy atom. The molecule has 0 aromatic carbocycles. The molecule has 0 N–H and O–H groups in total. The van der Waals surface area contributed by atoms with Crippen molar-refractivity contribution in [1.29, 1.82) is 0 Å². The number of aryl methyl sites for hydroxylation is 1. The SMILES string of the molecule is Cc1nc(-c2ccncc2)nc(N2CCC(OCC3CCOC3)CC2)c1C. The van der Waals surface area contributed by atoms with Gasteiger partial charge in [-0.15, -0.1) is 0 Å². The molecule has 6 nitrogen and oxygen atoms in total. The van der Waals surface area contributed by atoms with Crippen LogP contribution in [0.25, 0.3) is 11.4 Å². The minimum absolute atomic E-state index is 0.352. The second-order valence-electron chi connectivity index (χ2n) is 7.57. The van der Waals surface area contributed by atoms with Gasteiger partial charge < -0.3 is 14.4 Å². The molecule has 0 spiro atoms. The van der Waals surface area contributed by atoms with Crippen LogP contribution in [0.1, 0.15) is 30.5 Å². The molecular weight excluding hydrogens is 340 g/mol. The molecule has 2 aliphatic rings. The zero-order valence-corrected chi connectivity index (χ0v) is 16.2. The van der Waals surface area contributed by atoms with Crippen LogP contribution in [0.2, 0.25) is 0 Å². The Labute approximate surface area is 161 Å². The number of rotatable bonds is 5. The Kier molecular flexibility index (Phi) is 5.64. The second-order valence-corrected chi connectivity index (χ2v) is 7.57. The number of aromatic nitrogens is 3. The summed E-state index contributed by atoms with van der Waals surface area (Å²) in [5, 5.41) is 0. The van der Waals surface area contributed by atoms with Crippen LogP contribution in [-0.4, -0.2) is 54.0 Å². The topological polar surface area (TPSA) is 60.4 Å². The molecule has 0 saturated carbocycles. The molecule has 2 saturated heterocycles. The first-order valence-corrected chi connectivity index (χ1v) is 9.90. The smallest absolute Gasteiger partial charge is 0.161 e. The highest BCUT2D eigenvalue weighted by Crippen LogP contribution is 2.27. The van der Waals surface area contributed by atoms with E-state index in [1.54, 1.807) is 12.4 Å². The van der Waals surface area contributed by atoms with Crippen molar-refractivity contribution in [3.8, 4) is 11.4 Å². The molecule has 6 heteroatoms. The van der Waals surface area contributed by atoms with Crippen LogP contribution in [0.3, 0.4) is 0 Å². The lowest BCUT2D eigenvalue weighted by Gasteiger charge is -2.34. The standard InChI is InChI=1S/C21H28N4O2/c1-15-16(2)23-20(18-3-8-22-9-4-18)24-21(15)25-10-5-19(6-11-25)27-14-17-7-12-26-13-17/h3-4,8-9,17,19H,5-7,10-14H2,1-2H3. The van der Waals surface area contributed by atoms with Crippen LogP contribution >= 0.6 is 0 Å². The Balaban J connectivity index is 1.42. The summed E-state index contributed by atoms with van der Waals surface area (Å²) in [5.41, 5.74) is 3.20. The summed E-state index contributed by atoms with van der Waals surface area (Å²) in [4.78, 5) is 16.0. The highest BCUT2D eigenvalue weighted by Gasteiger charge is 2.25. The largest absolute Gasteiger partial charge is 0.381 e. The van der Waals surface area contributed by atoms with Crippen molar-refractivity contribution in [2.24, 2.45) is 5.92 Å². The lowest BCUT2D eigenvalue weighted by atomic mass is 10.1. The highest BCUT2D eigenvalue weighted by molar-refractivity contribution is 5.60. The van der Waals surface area contributed by atoms with Crippen molar-refractivity contribution in [2.75, 3.05) is 37.8 Å². The first-order chi connectivity index (χ1) is 13.2. The van der Waals surface area contributed by atoms with Crippen molar-refractivity contribution in [2.45, 2.75) is 39.2 Å². The Hall–Kier alpha value is -2.05. The Morgan fingerprint density at radius 1 is 1.11 bits per heavy atom. The van der Waals surface area contributed by atoms with Crippen molar-refractivity contribution < 1.29 is 9.47 Å². The third kappa shape index (κ3) is 4.28. The van der Waals surface area contributed by atoms with E-state index < -0.39 is 0 Å². The molecule has 2 aromatic heterocycles. The van der Waals surface area contributed by atoms with Crippen molar-refractivity contribution in [1.82, 2.24) is 15.0 Å². The molecule has 0 radical (unpaired) electrons. The average molecular weight is 368 g/mol. The zero-order valence-electron chi connectivity index (χ0n) is 16.2. The van der Waals surface area contributed by atoms with Crippen molar-refractivity contribution in [3.63, 3.8) is 0 Å². The van der Waals surface area contributed by atoms with Gasteiger partial charge in [-0.2, -0.15) is 0 Å². The van der Waals surface area contributed by atoms with E-state index in [1.807, 2.05) is 12.1 Å². The molecule has 2 fully saturated rings. The molecule has 0 bridgehead atoms. The van der Waals surface area contributed by atoms with Crippen LogP contribution in [-0.2, 0) is 9.47 Å². The molecule has 0 amide bonds. The molecule has 2 aliphatic heterocycles. The summed E-state index contributed by atoms with van der Waals surface area (Å²) in [6.07, 6.45) is 7.14. The van der Waals surface area contributed by atoms with E-state index in [0.29, 0.717) is 12.0 Å². The van der Waals surface area contributed by atoms with Crippen LogP contribution in [0.5, 0.6) is 0 Å². The number of anilines is 1. The van der Waals surface area contributed by atoms with Gasteiger partial charge >= 0.3 is 0 Å². The van der Waals surface area contributed by atoms with Crippen LogP contribution < -0.4 is 4.90 Å². The molecule has 2 aromatic rings. The fourth-order valence-electron chi connectivity index (χ4n) is 3.77. The number of hydrogen-bond acceptors (Lipinski definition) is 6. The number of piperidine rings is 1. The minimum atomic E-state index is 0.352. The summed E-state index contributed by atoms with van der Waals surface area (Å²) in [5.74, 6) is 2.41. The van der Waals surface area contributed by atoms with Gasteiger partial charge in [0.2, 0.25) is 0 Å². The van der Waals surface area contributed by atoms with E-state index in [-0.39, 0.29) is 0 Å². The molecule has 144 valence electrons. The van der Waals surface area contributed by atoms with Gasteiger partial charge in [0.15, 0.2) is 5.82 Å². The monoisotopic (exact) mass is 368 g/mol. The van der Waals surface area contributed by atoms with Crippen LogP contribution in [0.4, 0.5) is 5.82 Å². The number of pyridine rings is 1. The third-order valence-corrected chi connectivity index (χ3v) is 5.64. The van der Waals surface area contributed by atoms with Gasteiger partial charge in [0.25, 0.3) is 0 Å². The molecule has 27 heavy (non-hydrogen) atoms. The van der Waals surface area contributed by atoms with Crippen molar-refractivity contribution >= 4 is 5.82 Å². The average Bonchev–Trinajstić information content (AvgIpc) is 3.23. The molecule has 4 heterocycles. The first kappa shape index (κ1) is 18.3. The van der Waals surface area contributed by atoms with Gasteiger partial charge in [0.05, 0.1) is 19.3 Å². The summed E-state index contributed by atoms with van der Waals surface area (Å²) >= 11 is 0. The van der Waals surface area contributed by atoms with Crippen molar-refractivity contribution in [3.05, 3.63) is 35.8 Å². The van der Waals surface area contributed by atoms with E-state index in [9.17, 15) is 0 Å². The van der Waals surface area contributed by atoms with E-state index >= 15 is 0 Å². The maximum Gasteiger partial charge on any atom is 0.161 e. The van der Waals surface area contributed by atoms with E-state index in [0.717, 1.165) is 80.6 Å². The molecule has 1 atom stereocenters. The zero-order chi connectivity index (χ0) is 18.6. The second kappa shape index (κ2) is 8.31. The predicted octanol–water partition coefficient (Wildman–Crippen LogP) is 3.18.